The van der Waals surface area contributed by atoms with Crippen molar-refractivity contribution >= 4 is 35.4 Å². The van der Waals surface area contributed by atoms with Crippen molar-refractivity contribution < 1.29 is 9.59 Å². The molecule has 138 valence electrons. The number of carbonyl (C=O) groups excluding carboxylic acids is 2. The van der Waals surface area contributed by atoms with E-state index in [1.54, 1.807) is 16.7 Å². The molecular formula is C20H19N3O2S2. The number of aryl methyl sites for hydroxylation is 2. The zero-order valence-corrected chi connectivity index (χ0v) is 16.6. The van der Waals surface area contributed by atoms with Crippen LogP contribution in [-0.2, 0) is 11.3 Å². The number of carbonyl (C=O) groups is 2. The highest BCUT2D eigenvalue weighted by Crippen LogP contribution is 2.24. The van der Waals surface area contributed by atoms with Gasteiger partial charge in [0.2, 0.25) is 0 Å². The Labute approximate surface area is 166 Å². The van der Waals surface area contributed by atoms with Crippen molar-refractivity contribution in [1.82, 2.24) is 15.4 Å². The number of hydrazine groups is 1. The quantitative estimate of drug-likeness (QED) is 0.516. The normalized spacial score (nSPS) is 10.4. The van der Waals surface area contributed by atoms with E-state index in [1.165, 1.54) is 11.3 Å². The van der Waals surface area contributed by atoms with Crippen LogP contribution in [0.15, 0.2) is 53.9 Å². The highest BCUT2D eigenvalue weighted by atomic mass is 32.1. The molecule has 0 fully saturated rings. The second-order valence-corrected chi connectivity index (χ2v) is 7.66. The summed E-state index contributed by atoms with van der Waals surface area (Å²) in [6.07, 6.45) is 0. The predicted octanol–water partition coefficient (Wildman–Crippen LogP) is 4.02. The van der Waals surface area contributed by atoms with Crippen LogP contribution in [0.4, 0.5) is 0 Å². The lowest BCUT2D eigenvalue weighted by Crippen LogP contribution is -2.43. The molecule has 3 rings (SSSR count). The van der Waals surface area contributed by atoms with Crippen molar-refractivity contribution in [3.05, 3.63) is 74.6 Å². The maximum Gasteiger partial charge on any atom is 0.269 e. The van der Waals surface area contributed by atoms with Crippen LogP contribution in [0.25, 0.3) is 11.3 Å². The molecule has 7 heteroatoms. The topological polar surface area (TPSA) is 63.1 Å². The van der Waals surface area contributed by atoms with Gasteiger partial charge >= 0.3 is 0 Å². The van der Waals surface area contributed by atoms with Gasteiger partial charge in [-0.3, -0.25) is 20.4 Å². The number of nitrogens with one attached hydrogen (secondary N) is 2. The molecule has 0 radical (unpaired) electrons. The van der Waals surface area contributed by atoms with Crippen LogP contribution in [0.2, 0.25) is 0 Å². The van der Waals surface area contributed by atoms with Gasteiger partial charge in [0.05, 0.1) is 5.69 Å². The zero-order chi connectivity index (χ0) is 19.4. The third-order valence-electron chi connectivity index (χ3n) is 4.14. The van der Waals surface area contributed by atoms with Gasteiger partial charge in [-0.05, 0) is 43.3 Å². The Hall–Kier alpha value is -2.77. The van der Waals surface area contributed by atoms with Crippen LogP contribution in [0, 0.1) is 17.8 Å². The van der Waals surface area contributed by atoms with Gasteiger partial charge in [-0.1, -0.05) is 48.0 Å². The molecule has 0 unspecified atom stereocenters. The first-order valence-electron chi connectivity index (χ1n) is 8.36. The van der Waals surface area contributed by atoms with E-state index in [2.05, 4.69) is 10.9 Å². The van der Waals surface area contributed by atoms with Crippen molar-refractivity contribution in [2.45, 2.75) is 20.4 Å². The summed E-state index contributed by atoms with van der Waals surface area (Å²) in [5.41, 5.74) is 9.31. The molecular weight excluding hydrogens is 378 g/mol. The average Bonchev–Trinajstić information content (AvgIpc) is 3.01. The van der Waals surface area contributed by atoms with Crippen molar-refractivity contribution in [2.75, 3.05) is 0 Å². The maximum absolute atomic E-state index is 12.3. The number of thiazole rings is 1. The average molecular weight is 398 g/mol. The molecule has 0 bridgehead atoms. The van der Waals surface area contributed by atoms with Gasteiger partial charge in [-0.25, -0.2) is 0 Å². The molecule has 0 saturated heterocycles. The number of aromatic nitrogens is 1. The first-order chi connectivity index (χ1) is 13.0. The molecule has 0 saturated carbocycles. The molecule has 1 aromatic heterocycles. The number of amides is 2. The zero-order valence-electron chi connectivity index (χ0n) is 15.0. The Kier molecular flexibility index (Phi) is 5.83. The van der Waals surface area contributed by atoms with E-state index >= 15 is 0 Å². The highest BCUT2D eigenvalue weighted by Gasteiger charge is 2.13. The largest absolute Gasteiger partial charge is 0.313 e. The summed E-state index contributed by atoms with van der Waals surface area (Å²) in [4.78, 5) is 24.5. The van der Waals surface area contributed by atoms with Crippen LogP contribution in [0.3, 0.4) is 0 Å². The molecule has 0 aliphatic heterocycles. The van der Waals surface area contributed by atoms with E-state index in [1.807, 2.05) is 55.6 Å². The van der Waals surface area contributed by atoms with Gasteiger partial charge in [0.15, 0.2) is 3.95 Å². The van der Waals surface area contributed by atoms with E-state index in [0.717, 1.165) is 22.4 Å². The predicted molar refractivity (Wildman–Crippen MR) is 110 cm³/mol. The van der Waals surface area contributed by atoms with E-state index in [4.69, 9.17) is 12.2 Å². The summed E-state index contributed by atoms with van der Waals surface area (Å²) in [7, 11) is 0. The number of hydrogen-bond acceptors (Lipinski definition) is 4. The van der Waals surface area contributed by atoms with Gasteiger partial charge < -0.3 is 4.57 Å². The molecule has 1 heterocycles. The summed E-state index contributed by atoms with van der Waals surface area (Å²) >= 11 is 6.77. The van der Waals surface area contributed by atoms with E-state index in [-0.39, 0.29) is 18.4 Å². The maximum atomic E-state index is 12.3. The Bertz CT molecular complexity index is 1040. The molecule has 27 heavy (non-hydrogen) atoms. The molecule has 0 aliphatic rings. The van der Waals surface area contributed by atoms with Crippen molar-refractivity contribution in [3.63, 3.8) is 0 Å². The third kappa shape index (κ3) is 4.50. The molecule has 0 atom stereocenters. The van der Waals surface area contributed by atoms with Gasteiger partial charge in [-0.15, -0.1) is 11.3 Å². The summed E-state index contributed by atoms with van der Waals surface area (Å²) in [5.74, 6) is -0.700. The van der Waals surface area contributed by atoms with E-state index < -0.39 is 0 Å². The van der Waals surface area contributed by atoms with Crippen LogP contribution in [0.1, 0.15) is 21.5 Å². The van der Waals surface area contributed by atoms with Gasteiger partial charge in [0.1, 0.15) is 6.54 Å². The standard InChI is InChI=1S/C20H19N3O2S2/c1-13-7-9-15(10-8-13)17-12-27-20(26)23(17)11-18(24)21-22-19(25)16-6-4-3-5-14(16)2/h3-10,12H,11H2,1-2H3,(H,21,24)(H,22,25). The highest BCUT2D eigenvalue weighted by molar-refractivity contribution is 7.73. The fraction of sp³-hybridized carbons (Fsp3) is 0.150. The number of nitrogens with zero attached hydrogens (tertiary/aromatic N) is 1. The first kappa shape index (κ1) is 19.0. The van der Waals surface area contributed by atoms with Crippen LogP contribution in [0.5, 0.6) is 0 Å². The lowest BCUT2D eigenvalue weighted by molar-refractivity contribution is -0.122. The number of benzene rings is 2. The number of hydrogen-bond donors (Lipinski definition) is 2. The summed E-state index contributed by atoms with van der Waals surface area (Å²) < 4.78 is 2.37. The minimum atomic E-state index is -0.353. The van der Waals surface area contributed by atoms with Gasteiger partial charge in [0.25, 0.3) is 11.8 Å². The van der Waals surface area contributed by atoms with Crippen molar-refractivity contribution in [1.29, 1.82) is 0 Å². The third-order valence-corrected chi connectivity index (χ3v) is 5.41. The fourth-order valence-corrected chi connectivity index (χ4v) is 3.71. The molecule has 2 N–H and O–H groups in total. The lowest BCUT2D eigenvalue weighted by Gasteiger charge is -2.11. The van der Waals surface area contributed by atoms with Gasteiger partial charge in [0, 0.05) is 10.9 Å². The Morgan fingerprint density at radius 1 is 1.04 bits per heavy atom. The molecule has 3 aromatic rings. The smallest absolute Gasteiger partial charge is 0.269 e. The van der Waals surface area contributed by atoms with Crippen LogP contribution >= 0.6 is 23.6 Å². The second kappa shape index (κ2) is 8.28. The van der Waals surface area contributed by atoms with Crippen molar-refractivity contribution in [2.24, 2.45) is 0 Å². The molecule has 2 amide bonds. The SMILES string of the molecule is Cc1ccc(-c2csc(=S)n2CC(=O)NNC(=O)c2ccccc2C)cc1. The Balaban J connectivity index is 1.69. The van der Waals surface area contributed by atoms with Crippen molar-refractivity contribution in [3.8, 4) is 11.3 Å². The molecule has 0 spiro atoms. The Morgan fingerprint density at radius 3 is 2.44 bits per heavy atom. The van der Waals surface area contributed by atoms with E-state index in [0.29, 0.717) is 9.52 Å². The molecule has 5 nitrogen and oxygen atoms in total. The monoisotopic (exact) mass is 397 g/mol. The molecule has 2 aromatic carbocycles. The molecule has 0 aliphatic carbocycles. The summed E-state index contributed by atoms with van der Waals surface area (Å²) in [5, 5.41) is 1.94. The van der Waals surface area contributed by atoms with E-state index in [9.17, 15) is 9.59 Å². The minimum Gasteiger partial charge on any atom is -0.313 e. The summed E-state index contributed by atoms with van der Waals surface area (Å²) in [6.45, 7) is 3.89. The Morgan fingerprint density at radius 2 is 1.74 bits per heavy atom. The summed E-state index contributed by atoms with van der Waals surface area (Å²) in [6, 6.07) is 15.2. The van der Waals surface area contributed by atoms with Crippen LogP contribution in [-0.4, -0.2) is 16.4 Å². The minimum absolute atomic E-state index is 0.0274. The second-order valence-electron chi connectivity index (χ2n) is 6.16. The number of rotatable bonds is 4. The first-order valence-corrected chi connectivity index (χ1v) is 9.64. The van der Waals surface area contributed by atoms with Gasteiger partial charge in [-0.2, -0.15) is 0 Å². The lowest BCUT2D eigenvalue weighted by atomic mass is 10.1. The van der Waals surface area contributed by atoms with Crippen LogP contribution < -0.4 is 10.9 Å². The fourth-order valence-electron chi connectivity index (χ4n) is 2.63.